The second-order valence-electron chi connectivity index (χ2n) is 4.80. The van der Waals surface area contributed by atoms with Crippen molar-refractivity contribution in [2.24, 2.45) is 0 Å². The number of imide groups is 1. The Labute approximate surface area is 120 Å². The van der Waals surface area contributed by atoms with Crippen LogP contribution in [0.4, 0.5) is 8.78 Å². The molecule has 0 bridgehead atoms. The molecule has 5 nitrogen and oxygen atoms in total. The van der Waals surface area contributed by atoms with Gasteiger partial charge in [0.2, 0.25) is 5.91 Å². The van der Waals surface area contributed by atoms with E-state index >= 15 is 0 Å². The van der Waals surface area contributed by atoms with Crippen LogP contribution in [0.15, 0.2) is 35.6 Å². The molecule has 112 valence electrons. The lowest BCUT2D eigenvalue weighted by atomic mass is 10.0. The van der Waals surface area contributed by atoms with Crippen molar-refractivity contribution in [2.75, 3.05) is 7.05 Å². The normalized spacial score (nSPS) is 23.4. The number of nitrogens with zero attached hydrogens (tertiary/aromatic N) is 2. The standard InChI is InChI=1S/C14H14F2N2O3/c1-4-8-7(2)12(19)18(13(8)20)10-6-5-9(11(15)16)17(3)14(10)21/h4-5,10-11H,1,6H2,2-3H3/t10-/m0/s1. The maximum absolute atomic E-state index is 12.7. The summed E-state index contributed by atoms with van der Waals surface area (Å²) >= 11 is 0. The van der Waals surface area contributed by atoms with Gasteiger partial charge in [-0.15, -0.1) is 0 Å². The lowest BCUT2D eigenvalue weighted by molar-refractivity contribution is -0.149. The summed E-state index contributed by atoms with van der Waals surface area (Å²) in [7, 11) is 1.20. The van der Waals surface area contributed by atoms with Crippen molar-refractivity contribution in [3.8, 4) is 0 Å². The monoisotopic (exact) mass is 296 g/mol. The van der Waals surface area contributed by atoms with E-state index in [0.717, 1.165) is 9.80 Å². The highest BCUT2D eigenvalue weighted by Crippen LogP contribution is 2.29. The minimum Gasteiger partial charge on any atom is -0.312 e. The van der Waals surface area contributed by atoms with Crippen molar-refractivity contribution >= 4 is 17.7 Å². The van der Waals surface area contributed by atoms with Gasteiger partial charge in [-0.25, -0.2) is 8.78 Å². The van der Waals surface area contributed by atoms with Gasteiger partial charge in [-0.05, 0) is 13.3 Å². The molecule has 7 heteroatoms. The highest BCUT2D eigenvalue weighted by Gasteiger charge is 2.44. The molecule has 2 aliphatic heterocycles. The van der Waals surface area contributed by atoms with Gasteiger partial charge in [-0.1, -0.05) is 18.7 Å². The van der Waals surface area contributed by atoms with Crippen LogP contribution in [0, 0.1) is 0 Å². The van der Waals surface area contributed by atoms with Crippen LogP contribution < -0.4 is 0 Å². The minimum atomic E-state index is -2.78. The summed E-state index contributed by atoms with van der Waals surface area (Å²) < 4.78 is 25.5. The molecule has 2 heterocycles. The average Bonchev–Trinajstić information content (AvgIpc) is 2.63. The molecule has 2 aliphatic rings. The van der Waals surface area contributed by atoms with E-state index in [1.54, 1.807) is 0 Å². The molecule has 21 heavy (non-hydrogen) atoms. The Morgan fingerprint density at radius 3 is 2.43 bits per heavy atom. The summed E-state index contributed by atoms with van der Waals surface area (Å²) in [6.07, 6.45) is -0.461. The van der Waals surface area contributed by atoms with Crippen LogP contribution in [-0.2, 0) is 14.4 Å². The predicted molar refractivity (Wildman–Crippen MR) is 70.0 cm³/mol. The zero-order valence-electron chi connectivity index (χ0n) is 11.6. The van der Waals surface area contributed by atoms with E-state index in [0.29, 0.717) is 0 Å². The number of alkyl halides is 2. The molecule has 0 fully saturated rings. The summed E-state index contributed by atoms with van der Waals surface area (Å²) in [4.78, 5) is 38.1. The average molecular weight is 296 g/mol. The van der Waals surface area contributed by atoms with E-state index in [1.165, 1.54) is 26.1 Å². The number of halogens is 2. The largest absolute Gasteiger partial charge is 0.312 e. The molecule has 0 saturated carbocycles. The predicted octanol–water partition coefficient (Wildman–Crippen LogP) is 1.24. The Morgan fingerprint density at radius 1 is 1.33 bits per heavy atom. The summed E-state index contributed by atoms with van der Waals surface area (Å²) in [5, 5.41) is 0. The van der Waals surface area contributed by atoms with Crippen LogP contribution >= 0.6 is 0 Å². The van der Waals surface area contributed by atoms with Crippen molar-refractivity contribution in [1.82, 2.24) is 9.80 Å². The summed E-state index contributed by atoms with van der Waals surface area (Å²) in [6.45, 7) is 4.93. The second-order valence-corrected chi connectivity index (χ2v) is 4.80. The molecular formula is C14H14F2N2O3. The zero-order chi connectivity index (χ0) is 15.9. The molecule has 3 amide bonds. The molecule has 0 unspecified atom stereocenters. The lowest BCUT2D eigenvalue weighted by Crippen LogP contribution is -2.52. The van der Waals surface area contributed by atoms with Gasteiger partial charge in [-0.2, -0.15) is 0 Å². The smallest absolute Gasteiger partial charge is 0.278 e. The minimum absolute atomic E-state index is 0.113. The molecule has 0 radical (unpaired) electrons. The van der Waals surface area contributed by atoms with E-state index in [4.69, 9.17) is 0 Å². The fraction of sp³-hybridized carbons (Fsp3) is 0.357. The third-order valence-corrected chi connectivity index (χ3v) is 3.69. The van der Waals surface area contributed by atoms with Crippen LogP contribution in [0.2, 0.25) is 0 Å². The van der Waals surface area contributed by atoms with E-state index in [-0.39, 0.29) is 17.6 Å². The molecule has 0 aromatic heterocycles. The van der Waals surface area contributed by atoms with Crippen LogP contribution in [0.5, 0.6) is 0 Å². The first-order valence-electron chi connectivity index (χ1n) is 6.28. The van der Waals surface area contributed by atoms with Gasteiger partial charge in [0, 0.05) is 18.2 Å². The molecule has 0 aromatic carbocycles. The first-order chi connectivity index (χ1) is 9.81. The fourth-order valence-corrected chi connectivity index (χ4v) is 2.47. The summed E-state index contributed by atoms with van der Waals surface area (Å²) in [5.74, 6) is -1.91. The third kappa shape index (κ3) is 2.18. The number of likely N-dealkylation sites (N-methyl/N-ethyl adjacent to an activating group) is 1. The van der Waals surface area contributed by atoms with Gasteiger partial charge < -0.3 is 4.90 Å². The number of carbonyl (C=O) groups is 3. The van der Waals surface area contributed by atoms with E-state index < -0.39 is 35.9 Å². The Hall–Kier alpha value is -2.31. The van der Waals surface area contributed by atoms with Crippen LogP contribution in [0.1, 0.15) is 13.3 Å². The Kier molecular flexibility index (Phi) is 3.76. The molecule has 0 aromatic rings. The molecule has 0 aliphatic carbocycles. The number of hydrogen-bond donors (Lipinski definition) is 0. The van der Waals surface area contributed by atoms with Crippen LogP contribution in [-0.4, -0.2) is 47.0 Å². The van der Waals surface area contributed by atoms with Crippen LogP contribution in [0.25, 0.3) is 0 Å². The Bertz CT molecular complexity index is 607. The maximum Gasteiger partial charge on any atom is 0.278 e. The molecule has 2 rings (SSSR count). The number of carbonyl (C=O) groups excluding carboxylic acids is 3. The van der Waals surface area contributed by atoms with E-state index in [9.17, 15) is 23.2 Å². The molecule has 0 saturated heterocycles. The quantitative estimate of drug-likeness (QED) is 0.736. The van der Waals surface area contributed by atoms with Gasteiger partial charge in [-0.3, -0.25) is 19.3 Å². The lowest BCUT2D eigenvalue weighted by Gasteiger charge is -2.33. The topological polar surface area (TPSA) is 57.7 Å². The van der Waals surface area contributed by atoms with Crippen molar-refractivity contribution < 1.29 is 23.2 Å². The van der Waals surface area contributed by atoms with Crippen molar-refractivity contribution in [3.63, 3.8) is 0 Å². The van der Waals surface area contributed by atoms with Crippen molar-refractivity contribution in [1.29, 1.82) is 0 Å². The van der Waals surface area contributed by atoms with Crippen LogP contribution in [0.3, 0.4) is 0 Å². The summed E-state index contributed by atoms with van der Waals surface area (Å²) in [5.41, 5.74) is -0.0721. The number of amides is 3. The first kappa shape index (κ1) is 15.1. The molecule has 0 N–H and O–H groups in total. The van der Waals surface area contributed by atoms with Crippen molar-refractivity contribution in [3.05, 3.63) is 35.6 Å². The highest BCUT2D eigenvalue weighted by atomic mass is 19.3. The zero-order valence-corrected chi connectivity index (χ0v) is 11.6. The summed E-state index contributed by atoms with van der Waals surface area (Å²) in [6, 6.07) is -1.09. The number of allylic oxidation sites excluding steroid dienone is 1. The van der Waals surface area contributed by atoms with Gasteiger partial charge in [0.1, 0.15) is 6.04 Å². The molecular weight excluding hydrogens is 282 g/mol. The van der Waals surface area contributed by atoms with E-state index in [1.807, 2.05) is 0 Å². The Morgan fingerprint density at radius 2 is 1.95 bits per heavy atom. The van der Waals surface area contributed by atoms with Crippen molar-refractivity contribution in [2.45, 2.75) is 25.8 Å². The number of rotatable bonds is 3. The van der Waals surface area contributed by atoms with Gasteiger partial charge >= 0.3 is 0 Å². The fourth-order valence-electron chi connectivity index (χ4n) is 2.47. The third-order valence-electron chi connectivity index (χ3n) is 3.69. The first-order valence-corrected chi connectivity index (χ1v) is 6.28. The molecule has 0 spiro atoms. The van der Waals surface area contributed by atoms with Gasteiger partial charge in [0.05, 0.1) is 5.70 Å². The Balaban J connectivity index is 2.34. The molecule has 1 atom stereocenters. The SMILES string of the molecule is C=CC1=C(C)C(=O)N([C@H]2CC=C(C(F)F)N(C)C2=O)C1=O. The number of hydrogen-bond acceptors (Lipinski definition) is 3. The highest BCUT2D eigenvalue weighted by molar-refractivity contribution is 6.22. The van der Waals surface area contributed by atoms with Gasteiger partial charge in [0.25, 0.3) is 18.2 Å². The van der Waals surface area contributed by atoms with Gasteiger partial charge in [0.15, 0.2) is 0 Å². The van der Waals surface area contributed by atoms with E-state index in [2.05, 4.69) is 6.58 Å². The maximum atomic E-state index is 12.7. The second kappa shape index (κ2) is 5.23.